The van der Waals surface area contributed by atoms with Gasteiger partial charge in [0.1, 0.15) is 11.0 Å². The summed E-state index contributed by atoms with van der Waals surface area (Å²) < 4.78 is 9.82. The second-order valence-corrected chi connectivity index (χ2v) is 13.8. The van der Waals surface area contributed by atoms with Crippen LogP contribution in [0.1, 0.15) is 86.8 Å². The topological polar surface area (TPSA) is 25.8 Å². The lowest BCUT2D eigenvalue weighted by molar-refractivity contribution is 0.490. The maximum atomic E-state index is 4.91. The number of aromatic nitrogens is 2. The van der Waals surface area contributed by atoms with E-state index in [1.54, 1.807) is 0 Å². The van der Waals surface area contributed by atoms with Gasteiger partial charge in [0, 0.05) is 22.0 Å². The van der Waals surface area contributed by atoms with Gasteiger partial charge >= 0.3 is 0 Å². The number of hydrogen-bond donors (Lipinski definition) is 0. The minimum Gasteiger partial charge on any atom is -0.172 e. The average Bonchev–Trinajstić information content (AvgIpc) is 3.74. The van der Waals surface area contributed by atoms with Crippen molar-refractivity contribution in [3.63, 3.8) is 0 Å². The smallest absolute Gasteiger partial charge is 0.113 e. The maximum absolute atomic E-state index is 4.91. The molecule has 45 heavy (non-hydrogen) atoms. The van der Waals surface area contributed by atoms with Crippen LogP contribution in [0.5, 0.6) is 0 Å². The van der Waals surface area contributed by atoms with Gasteiger partial charge < -0.3 is 0 Å². The van der Waals surface area contributed by atoms with Crippen molar-refractivity contribution in [2.24, 2.45) is 0 Å². The van der Waals surface area contributed by atoms with Crippen LogP contribution in [0.25, 0.3) is 55.5 Å². The zero-order valence-electron chi connectivity index (χ0n) is 27.2. The van der Waals surface area contributed by atoms with E-state index in [1.807, 2.05) is 0 Å². The van der Waals surface area contributed by atoms with Gasteiger partial charge in [-0.15, -0.1) is 0 Å². The van der Waals surface area contributed by atoms with Gasteiger partial charge in [0.25, 0.3) is 0 Å². The third-order valence-corrected chi connectivity index (χ3v) is 12.0. The highest BCUT2D eigenvalue weighted by atomic mass is 32.1. The van der Waals surface area contributed by atoms with Crippen molar-refractivity contribution in [3.8, 4) is 44.5 Å². The van der Waals surface area contributed by atoms with E-state index < -0.39 is 0 Å². The molecular weight excluding hydrogens is 565 g/mol. The SMILES string of the molecule is CCC1(CC)c2cc(C)ccc2-c2ccc(-c3ccc(-c4ccc5c(c4)C(CC)(CC)c4cc(C)ccc4-5)c4nsnc34)cc21. The summed E-state index contributed by atoms with van der Waals surface area (Å²) in [5.41, 5.74) is 21.0. The Bertz CT molecular complexity index is 1990. The van der Waals surface area contributed by atoms with Gasteiger partial charge in [-0.25, -0.2) is 0 Å². The van der Waals surface area contributed by atoms with Crippen LogP contribution in [0.3, 0.4) is 0 Å². The molecule has 0 spiro atoms. The zero-order chi connectivity index (χ0) is 31.1. The molecule has 0 unspecified atom stereocenters. The molecule has 3 heteroatoms. The van der Waals surface area contributed by atoms with E-state index in [1.165, 1.54) is 89.6 Å². The van der Waals surface area contributed by atoms with Crippen molar-refractivity contribution in [3.05, 3.63) is 118 Å². The second kappa shape index (κ2) is 10.2. The molecule has 8 rings (SSSR count). The van der Waals surface area contributed by atoms with Gasteiger partial charge in [0.15, 0.2) is 0 Å². The predicted molar refractivity (Wildman–Crippen MR) is 191 cm³/mol. The lowest BCUT2D eigenvalue weighted by Gasteiger charge is -2.30. The first kappa shape index (κ1) is 28.4. The fourth-order valence-electron chi connectivity index (χ4n) is 8.91. The van der Waals surface area contributed by atoms with Gasteiger partial charge in [-0.3, -0.25) is 0 Å². The van der Waals surface area contributed by atoms with Gasteiger partial charge in [0.05, 0.1) is 11.7 Å². The molecule has 5 aromatic carbocycles. The van der Waals surface area contributed by atoms with Gasteiger partial charge in [-0.05, 0) is 107 Å². The van der Waals surface area contributed by atoms with Gasteiger partial charge in [-0.1, -0.05) is 112 Å². The van der Waals surface area contributed by atoms with E-state index in [0.717, 1.165) is 36.7 Å². The van der Waals surface area contributed by atoms with Gasteiger partial charge in [-0.2, -0.15) is 8.75 Å². The van der Waals surface area contributed by atoms with Crippen LogP contribution in [0.4, 0.5) is 0 Å². The van der Waals surface area contributed by atoms with E-state index >= 15 is 0 Å². The second-order valence-electron chi connectivity index (χ2n) is 13.3. The monoisotopic (exact) mass is 604 g/mol. The Labute approximate surface area is 271 Å². The standard InChI is InChI=1S/C42H40N2S/c1-7-41(8-2)35-21-25(5)11-15-31(35)33-17-13-27(23-37(33)41)29-19-20-30(40-39(29)43-45-44-40)28-14-18-34-32-16-12-26(6)22-36(32)42(9-3,10-4)38(34)24-28/h11-24H,7-10H2,1-6H3. The molecule has 2 aliphatic carbocycles. The fraction of sp³-hybridized carbons (Fsp3) is 0.286. The molecule has 1 aromatic heterocycles. The highest BCUT2D eigenvalue weighted by Crippen LogP contribution is 2.55. The molecule has 2 nitrogen and oxygen atoms in total. The van der Waals surface area contributed by atoms with Crippen LogP contribution >= 0.6 is 11.7 Å². The van der Waals surface area contributed by atoms with Crippen LogP contribution in [-0.4, -0.2) is 8.75 Å². The quantitative estimate of drug-likeness (QED) is 0.189. The first-order chi connectivity index (χ1) is 21.9. The van der Waals surface area contributed by atoms with Crippen LogP contribution in [0.2, 0.25) is 0 Å². The molecule has 0 saturated carbocycles. The Morgan fingerprint density at radius 2 is 0.778 bits per heavy atom. The molecule has 6 aromatic rings. The van der Waals surface area contributed by atoms with Crippen LogP contribution in [-0.2, 0) is 10.8 Å². The summed E-state index contributed by atoms with van der Waals surface area (Å²) in [4.78, 5) is 0. The molecule has 0 fully saturated rings. The summed E-state index contributed by atoms with van der Waals surface area (Å²) >= 11 is 1.32. The fourth-order valence-corrected chi connectivity index (χ4v) is 9.48. The van der Waals surface area contributed by atoms with E-state index in [9.17, 15) is 0 Å². The number of rotatable bonds is 6. The molecule has 0 bridgehead atoms. The van der Waals surface area contributed by atoms with Crippen molar-refractivity contribution in [1.29, 1.82) is 0 Å². The van der Waals surface area contributed by atoms with E-state index in [0.29, 0.717) is 0 Å². The van der Waals surface area contributed by atoms with Crippen molar-refractivity contribution in [2.45, 2.75) is 78.1 Å². The minimum atomic E-state index is 0.0394. The lowest BCUT2D eigenvalue weighted by atomic mass is 9.73. The summed E-state index contributed by atoms with van der Waals surface area (Å²) in [6, 6.07) is 32.8. The molecule has 0 atom stereocenters. The highest BCUT2D eigenvalue weighted by molar-refractivity contribution is 7.00. The van der Waals surface area contributed by atoms with Crippen molar-refractivity contribution >= 4 is 22.8 Å². The third-order valence-electron chi connectivity index (χ3n) is 11.5. The van der Waals surface area contributed by atoms with Crippen LogP contribution in [0.15, 0.2) is 84.9 Å². The summed E-state index contributed by atoms with van der Waals surface area (Å²) in [5.74, 6) is 0. The van der Waals surface area contributed by atoms with Crippen molar-refractivity contribution in [2.75, 3.05) is 0 Å². The first-order valence-electron chi connectivity index (χ1n) is 16.7. The summed E-state index contributed by atoms with van der Waals surface area (Å²) in [7, 11) is 0. The van der Waals surface area contributed by atoms with Crippen LogP contribution < -0.4 is 0 Å². The summed E-state index contributed by atoms with van der Waals surface area (Å²) in [6.45, 7) is 13.8. The average molecular weight is 605 g/mol. The maximum Gasteiger partial charge on any atom is 0.113 e. The Hall–Kier alpha value is -4.08. The molecule has 2 aliphatic rings. The molecular formula is C42H40N2S. The Morgan fingerprint density at radius 3 is 1.16 bits per heavy atom. The van der Waals surface area contributed by atoms with E-state index in [2.05, 4.69) is 126 Å². The van der Waals surface area contributed by atoms with Crippen LogP contribution in [0, 0.1) is 13.8 Å². The van der Waals surface area contributed by atoms with E-state index in [-0.39, 0.29) is 10.8 Å². The van der Waals surface area contributed by atoms with Crippen molar-refractivity contribution < 1.29 is 0 Å². The third kappa shape index (κ3) is 3.80. The first-order valence-corrected chi connectivity index (χ1v) is 17.4. The number of fused-ring (bicyclic) bond motifs is 7. The highest BCUT2D eigenvalue weighted by Gasteiger charge is 2.42. The van der Waals surface area contributed by atoms with Gasteiger partial charge in [0.2, 0.25) is 0 Å². The number of aryl methyl sites for hydroxylation is 2. The Kier molecular flexibility index (Phi) is 6.45. The number of nitrogens with zero attached hydrogens (tertiary/aromatic N) is 2. The predicted octanol–water partition coefficient (Wildman–Crippen LogP) is 11.8. The molecule has 0 saturated heterocycles. The summed E-state index contributed by atoms with van der Waals surface area (Å²) in [5, 5.41) is 0. The minimum absolute atomic E-state index is 0.0394. The Morgan fingerprint density at radius 1 is 0.444 bits per heavy atom. The lowest BCUT2D eigenvalue weighted by Crippen LogP contribution is -2.23. The molecule has 0 amide bonds. The number of hydrogen-bond acceptors (Lipinski definition) is 3. The molecule has 1 heterocycles. The van der Waals surface area contributed by atoms with E-state index in [4.69, 9.17) is 8.75 Å². The number of benzene rings is 5. The Balaban J connectivity index is 1.26. The molecule has 0 aliphatic heterocycles. The normalized spacial score (nSPS) is 15.2. The molecule has 0 N–H and O–H groups in total. The summed E-state index contributed by atoms with van der Waals surface area (Å²) in [6.07, 6.45) is 4.34. The molecule has 224 valence electrons. The largest absolute Gasteiger partial charge is 0.172 e. The molecule has 0 radical (unpaired) electrons. The van der Waals surface area contributed by atoms with Crippen molar-refractivity contribution in [1.82, 2.24) is 8.75 Å². The zero-order valence-corrected chi connectivity index (χ0v) is 28.0.